The standard InChI is InChI=1S/C22H22N2O3/c1-24(2)18-9-10-22(27)21(13-18)23-17-7-5-15(6-8-17)3-4-16-11-19(25)14-20(26)12-16/h3-14,23,25-27H,1-2H3/b4-3+. The molecule has 0 unspecified atom stereocenters. The van der Waals surface area contributed by atoms with Gasteiger partial charge in [-0.1, -0.05) is 24.3 Å². The summed E-state index contributed by atoms with van der Waals surface area (Å²) in [6, 6.07) is 17.6. The molecule has 0 saturated carbocycles. The Balaban J connectivity index is 1.74. The maximum absolute atomic E-state index is 10.1. The van der Waals surface area contributed by atoms with Crippen molar-refractivity contribution in [3.8, 4) is 17.2 Å². The quantitative estimate of drug-likeness (QED) is 0.388. The Kier molecular flexibility index (Phi) is 5.22. The zero-order valence-electron chi connectivity index (χ0n) is 15.2. The van der Waals surface area contributed by atoms with Crippen LogP contribution in [-0.4, -0.2) is 29.4 Å². The summed E-state index contributed by atoms with van der Waals surface area (Å²) in [4.78, 5) is 1.97. The van der Waals surface area contributed by atoms with Crippen LogP contribution in [0.2, 0.25) is 0 Å². The van der Waals surface area contributed by atoms with E-state index in [9.17, 15) is 15.3 Å². The summed E-state index contributed by atoms with van der Waals surface area (Å²) in [6.45, 7) is 0. The molecular weight excluding hydrogens is 340 g/mol. The zero-order chi connectivity index (χ0) is 19.4. The van der Waals surface area contributed by atoms with Gasteiger partial charge in [-0.15, -0.1) is 0 Å². The summed E-state index contributed by atoms with van der Waals surface area (Å²) in [5.74, 6) is 0.233. The van der Waals surface area contributed by atoms with E-state index in [4.69, 9.17) is 0 Å². The molecule has 0 aliphatic carbocycles. The van der Waals surface area contributed by atoms with Crippen LogP contribution >= 0.6 is 0 Å². The number of nitrogens with one attached hydrogen (secondary N) is 1. The summed E-state index contributed by atoms with van der Waals surface area (Å²) in [6.07, 6.45) is 3.70. The summed E-state index contributed by atoms with van der Waals surface area (Å²) in [5.41, 5.74) is 4.16. The van der Waals surface area contributed by atoms with E-state index in [1.54, 1.807) is 18.2 Å². The molecule has 138 valence electrons. The first-order valence-corrected chi connectivity index (χ1v) is 8.49. The molecule has 5 nitrogen and oxygen atoms in total. The Labute approximate surface area is 158 Å². The lowest BCUT2D eigenvalue weighted by Crippen LogP contribution is -2.08. The number of phenols is 3. The summed E-state index contributed by atoms with van der Waals surface area (Å²) >= 11 is 0. The lowest BCUT2D eigenvalue weighted by Gasteiger charge is -2.15. The van der Waals surface area contributed by atoms with Crippen LogP contribution in [0.25, 0.3) is 12.2 Å². The van der Waals surface area contributed by atoms with Gasteiger partial charge in [-0.25, -0.2) is 0 Å². The maximum Gasteiger partial charge on any atom is 0.139 e. The maximum atomic E-state index is 10.1. The van der Waals surface area contributed by atoms with Crippen LogP contribution in [-0.2, 0) is 0 Å². The van der Waals surface area contributed by atoms with Gasteiger partial charge in [0.2, 0.25) is 0 Å². The molecule has 27 heavy (non-hydrogen) atoms. The van der Waals surface area contributed by atoms with E-state index in [1.165, 1.54) is 6.07 Å². The molecule has 0 fully saturated rings. The first kappa shape index (κ1) is 18.2. The Morgan fingerprint density at radius 1 is 0.741 bits per heavy atom. The van der Waals surface area contributed by atoms with Gasteiger partial charge >= 0.3 is 0 Å². The fourth-order valence-electron chi connectivity index (χ4n) is 2.64. The van der Waals surface area contributed by atoms with Gasteiger partial charge in [-0.2, -0.15) is 0 Å². The van der Waals surface area contributed by atoms with E-state index in [2.05, 4.69) is 5.32 Å². The van der Waals surface area contributed by atoms with Crippen molar-refractivity contribution in [2.45, 2.75) is 0 Å². The Bertz CT molecular complexity index is 944. The van der Waals surface area contributed by atoms with E-state index in [0.717, 1.165) is 16.9 Å². The molecular formula is C22H22N2O3. The molecule has 0 radical (unpaired) electrons. The minimum absolute atomic E-state index is 0.0222. The van der Waals surface area contributed by atoms with Crippen LogP contribution in [0.3, 0.4) is 0 Å². The van der Waals surface area contributed by atoms with Crippen molar-refractivity contribution >= 4 is 29.2 Å². The number of rotatable bonds is 5. The van der Waals surface area contributed by atoms with Gasteiger partial charge < -0.3 is 25.5 Å². The van der Waals surface area contributed by atoms with Gasteiger partial charge in [-0.05, 0) is 53.6 Å². The van der Waals surface area contributed by atoms with Gasteiger partial charge in [0.05, 0.1) is 5.69 Å². The number of anilines is 3. The van der Waals surface area contributed by atoms with Crippen molar-refractivity contribution in [1.82, 2.24) is 0 Å². The fourth-order valence-corrected chi connectivity index (χ4v) is 2.64. The molecule has 0 aliphatic rings. The molecule has 0 aromatic heterocycles. The Morgan fingerprint density at radius 3 is 2.00 bits per heavy atom. The Morgan fingerprint density at radius 2 is 1.37 bits per heavy atom. The number of hydrogen-bond acceptors (Lipinski definition) is 5. The fraction of sp³-hybridized carbons (Fsp3) is 0.0909. The molecule has 0 saturated heterocycles. The highest BCUT2D eigenvalue weighted by Crippen LogP contribution is 2.31. The summed E-state index contributed by atoms with van der Waals surface area (Å²) in [5, 5.41) is 32.3. The van der Waals surface area contributed by atoms with Crippen molar-refractivity contribution < 1.29 is 15.3 Å². The average molecular weight is 362 g/mol. The largest absolute Gasteiger partial charge is 0.508 e. The smallest absolute Gasteiger partial charge is 0.139 e. The first-order valence-electron chi connectivity index (χ1n) is 8.49. The molecule has 5 heteroatoms. The zero-order valence-corrected chi connectivity index (χ0v) is 15.2. The second kappa shape index (κ2) is 7.74. The van der Waals surface area contributed by atoms with Crippen molar-refractivity contribution in [2.75, 3.05) is 24.3 Å². The molecule has 0 spiro atoms. The molecule has 0 amide bonds. The van der Waals surface area contributed by atoms with Crippen LogP contribution in [0.1, 0.15) is 11.1 Å². The van der Waals surface area contributed by atoms with E-state index in [-0.39, 0.29) is 17.2 Å². The Hall–Kier alpha value is -3.60. The predicted octanol–water partition coefficient (Wildman–Crippen LogP) is 4.78. The summed E-state index contributed by atoms with van der Waals surface area (Å²) in [7, 11) is 3.90. The number of hydrogen-bond donors (Lipinski definition) is 4. The third-order valence-corrected chi connectivity index (χ3v) is 4.08. The molecule has 4 N–H and O–H groups in total. The summed E-state index contributed by atoms with van der Waals surface area (Å²) < 4.78 is 0. The van der Waals surface area contributed by atoms with Crippen LogP contribution in [0.15, 0.2) is 60.7 Å². The SMILES string of the molecule is CN(C)c1ccc(O)c(Nc2ccc(/C=C/c3cc(O)cc(O)c3)cc2)c1. The van der Waals surface area contributed by atoms with Crippen LogP contribution in [0, 0.1) is 0 Å². The predicted molar refractivity (Wildman–Crippen MR) is 111 cm³/mol. The number of phenolic OH excluding ortho intramolecular Hbond substituents is 3. The second-order valence-electron chi connectivity index (χ2n) is 6.46. The van der Waals surface area contributed by atoms with Crippen LogP contribution < -0.4 is 10.2 Å². The van der Waals surface area contributed by atoms with Gasteiger partial charge in [0.25, 0.3) is 0 Å². The molecule has 3 aromatic rings. The average Bonchev–Trinajstić information content (AvgIpc) is 2.62. The molecule has 0 bridgehead atoms. The van der Waals surface area contributed by atoms with Crippen molar-refractivity contribution in [3.05, 3.63) is 71.8 Å². The van der Waals surface area contributed by atoms with Gasteiger partial charge in [0, 0.05) is 31.5 Å². The highest BCUT2D eigenvalue weighted by molar-refractivity contribution is 5.74. The molecule has 0 atom stereocenters. The molecule has 3 aromatic carbocycles. The van der Waals surface area contributed by atoms with E-state index < -0.39 is 0 Å². The monoisotopic (exact) mass is 362 g/mol. The van der Waals surface area contributed by atoms with Gasteiger partial charge in [-0.3, -0.25) is 0 Å². The number of aromatic hydroxyl groups is 3. The van der Waals surface area contributed by atoms with Crippen LogP contribution in [0.4, 0.5) is 17.1 Å². The number of nitrogens with zero attached hydrogens (tertiary/aromatic N) is 1. The third kappa shape index (κ3) is 4.73. The first-order chi connectivity index (χ1) is 12.9. The minimum atomic E-state index is 0.0222. The minimum Gasteiger partial charge on any atom is -0.508 e. The van der Waals surface area contributed by atoms with E-state index in [1.807, 2.05) is 67.5 Å². The lowest BCUT2D eigenvalue weighted by atomic mass is 10.1. The van der Waals surface area contributed by atoms with E-state index >= 15 is 0 Å². The van der Waals surface area contributed by atoms with Crippen molar-refractivity contribution in [2.24, 2.45) is 0 Å². The van der Waals surface area contributed by atoms with Crippen LogP contribution in [0.5, 0.6) is 17.2 Å². The third-order valence-electron chi connectivity index (χ3n) is 4.08. The lowest BCUT2D eigenvalue weighted by molar-refractivity contribution is 0.450. The van der Waals surface area contributed by atoms with Crippen molar-refractivity contribution in [1.29, 1.82) is 0 Å². The molecule has 0 heterocycles. The highest BCUT2D eigenvalue weighted by atomic mass is 16.3. The number of benzene rings is 3. The highest BCUT2D eigenvalue weighted by Gasteiger charge is 2.05. The van der Waals surface area contributed by atoms with E-state index in [0.29, 0.717) is 11.3 Å². The normalized spacial score (nSPS) is 10.9. The topological polar surface area (TPSA) is 76.0 Å². The molecule has 3 rings (SSSR count). The van der Waals surface area contributed by atoms with Gasteiger partial charge in [0.1, 0.15) is 17.2 Å². The second-order valence-corrected chi connectivity index (χ2v) is 6.46. The van der Waals surface area contributed by atoms with Gasteiger partial charge in [0.15, 0.2) is 0 Å². The van der Waals surface area contributed by atoms with Crippen molar-refractivity contribution in [3.63, 3.8) is 0 Å². The molecule has 0 aliphatic heterocycles.